The number of nitrogens with two attached hydrogens (primary N) is 1. The largest absolute Gasteiger partial charge is 0.448 e. The molecule has 1 aromatic heterocycles. The van der Waals surface area contributed by atoms with Gasteiger partial charge in [-0.15, -0.1) is 0 Å². The lowest BCUT2D eigenvalue weighted by atomic mass is 9.70. The number of nitrogens with zero attached hydrogens (tertiary/aromatic N) is 1. The van der Waals surface area contributed by atoms with Crippen LogP contribution in [0.15, 0.2) is 24.3 Å². The number of para-hydroxylation sites is 1. The molecule has 1 aromatic carbocycles. The Labute approximate surface area is 182 Å². The van der Waals surface area contributed by atoms with Crippen molar-refractivity contribution in [1.29, 1.82) is 0 Å². The third kappa shape index (κ3) is 4.86. The quantitative estimate of drug-likeness (QED) is 0.725. The van der Waals surface area contributed by atoms with Crippen LogP contribution in [0.25, 0.3) is 10.9 Å². The van der Waals surface area contributed by atoms with Gasteiger partial charge in [0.05, 0.1) is 11.1 Å². The number of fused-ring (bicyclic) bond motifs is 2. The maximum Gasteiger partial charge on any atom is 0.339 e. The number of hydrogen-bond acceptors (Lipinski definition) is 5. The Morgan fingerprint density at radius 2 is 1.87 bits per heavy atom. The van der Waals surface area contributed by atoms with Gasteiger partial charge < -0.3 is 10.5 Å². The van der Waals surface area contributed by atoms with Gasteiger partial charge in [-0.1, -0.05) is 52.8 Å². The number of carbonyl (C=O) groups excluding carboxylic acids is 3. The van der Waals surface area contributed by atoms with E-state index in [1.165, 1.54) is 0 Å². The Morgan fingerprint density at radius 3 is 2.48 bits per heavy atom. The molecule has 1 aliphatic carbocycles. The summed E-state index contributed by atoms with van der Waals surface area (Å²) in [7, 11) is 0. The van der Waals surface area contributed by atoms with Crippen LogP contribution in [0.2, 0.25) is 0 Å². The zero-order valence-corrected chi connectivity index (χ0v) is 18.8. The first-order valence-electron chi connectivity index (χ1n) is 10.7. The van der Waals surface area contributed by atoms with E-state index >= 15 is 0 Å². The van der Waals surface area contributed by atoms with E-state index in [4.69, 9.17) is 15.5 Å². The first-order valence-corrected chi connectivity index (χ1v) is 10.7. The zero-order chi connectivity index (χ0) is 22.9. The van der Waals surface area contributed by atoms with E-state index in [1.54, 1.807) is 13.8 Å². The van der Waals surface area contributed by atoms with Gasteiger partial charge in [0.15, 0.2) is 6.10 Å². The number of rotatable bonds is 4. The van der Waals surface area contributed by atoms with Crippen LogP contribution in [0.3, 0.4) is 0 Å². The van der Waals surface area contributed by atoms with Crippen molar-refractivity contribution in [2.45, 2.75) is 60.0 Å². The zero-order valence-electron chi connectivity index (χ0n) is 18.8. The molecule has 2 aromatic rings. The van der Waals surface area contributed by atoms with Gasteiger partial charge in [0, 0.05) is 11.1 Å². The number of imide groups is 1. The van der Waals surface area contributed by atoms with Crippen LogP contribution in [0.4, 0.5) is 4.79 Å². The molecule has 2 atom stereocenters. The van der Waals surface area contributed by atoms with Crippen molar-refractivity contribution in [3.8, 4) is 0 Å². The van der Waals surface area contributed by atoms with Crippen LogP contribution in [0, 0.1) is 17.3 Å². The second-order valence-corrected chi connectivity index (χ2v) is 9.66. The number of aromatic nitrogens is 1. The van der Waals surface area contributed by atoms with E-state index < -0.39 is 24.0 Å². The van der Waals surface area contributed by atoms with Crippen LogP contribution in [0.1, 0.15) is 62.7 Å². The van der Waals surface area contributed by atoms with Crippen molar-refractivity contribution in [2.75, 3.05) is 0 Å². The fourth-order valence-corrected chi connectivity index (χ4v) is 4.22. The molecule has 7 nitrogen and oxygen atoms in total. The summed E-state index contributed by atoms with van der Waals surface area (Å²) < 4.78 is 5.67. The molecule has 3 amide bonds. The Kier molecular flexibility index (Phi) is 6.34. The van der Waals surface area contributed by atoms with Gasteiger partial charge in [0.25, 0.3) is 5.91 Å². The number of ether oxygens (including phenoxy) is 1. The number of nitrogens with one attached hydrogen (secondary N) is 1. The minimum atomic E-state index is -1.13. The molecule has 0 fully saturated rings. The molecule has 3 rings (SSSR count). The summed E-state index contributed by atoms with van der Waals surface area (Å²) in [6.07, 6.45) is 1.38. The van der Waals surface area contributed by atoms with Crippen LogP contribution >= 0.6 is 0 Å². The van der Waals surface area contributed by atoms with E-state index in [2.05, 4.69) is 20.8 Å². The molecule has 0 saturated carbocycles. The van der Waals surface area contributed by atoms with E-state index in [-0.39, 0.29) is 11.3 Å². The first kappa shape index (κ1) is 22.7. The molecule has 166 valence electrons. The molecule has 7 heteroatoms. The summed E-state index contributed by atoms with van der Waals surface area (Å²) in [6.45, 7) is 10.1. The number of carbonyl (C=O) groups is 3. The van der Waals surface area contributed by atoms with E-state index in [1.807, 2.05) is 29.6 Å². The van der Waals surface area contributed by atoms with Gasteiger partial charge in [-0.2, -0.15) is 0 Å². The van der Waals surface area contributed by atoms with Crippen LogP contribution < -0.4 is 11.1 Å². The summed E-state index contributed by atoms with van der Waals surface area (Å²) in [5, 5.41) is 2.72. The molecule has 0 aliphatic heterocycles. The normalized spacial score (nSPS) is 17.2. The lowest BCUT2D eigenvalue weighted by Crippen LogP contribution is -2.45. The molecule has 0 bridgehead atoms. The standard InChI is InChI=1S/C24H31N3O4/c1-13(2)20(21(28)27-23(25)30)31-22(29)19-15-8-6-7-9-17(15)26-18-11-10-14(12-16(18)19)24(3,4)5/h6-9,13-14,20H,10-12H2,1-5H3,(H3,25,27,28,30)/t14-,20-/m1/s1. The summed E-state index contributed by atoms with van der Waals surface area (Å²) in [5.41, 5.74) is 8.16. The summed E-state index contributed by atoms with van der Waals surface area (Å²) in [4.78, 5) is 41.8. The number of primary amides is 1. The number of benzene rings is 1. The predicted molar refractivity (Wildman–Crippen MR) is 118 cm³/mol. The molecular weight excluding hydrogens is 394 g/mol. The van der Waals surface area contributed by atoms with Gasteiger partial charge in [-0.3, -0.25) is 15.1 Å². The van der Waals surface area contributed by atoms with Crippen molar-refractivity contribution in [3.05, 3.63) is 41.1 Å². The van der Waals surface area contributed by atoms with Gasteiger partial charge in [-0.25, -0.2) is 9.59 Å². The van der Waals surface area contributed by atoms with Crippen molar-refractivity contribution < 1.29 is 19.1 Å². The minimum Gasteiger partial charge on any atom is -0.448 e. The molecule has 1 aliphatic rings. The molecule has 0 radical (unpaired) electrons. The van der Waals surface area contributed by atoms with Crippen LogP contribution in [0.5, 0.6) is 0 Å². The summed E-state index contributed by atoms with van der Waals surface area (Å²) in [5.74, 6) is -1.25. The highest BCUT2D eigenvalue weighted by molar-refractivity contribution is 6.06. The fourth-order valence-electron chi connectivity index (χ4n) is 4.22. The average molecular weight is 426 g/mol. The summed E-state index contributed by atoms with van der Waals surface area (Å²) >= 11 is 0. The number of urea groups is 1. The van der Waals surface area contributed by atoms with E-state index in [0.29, 0.717) is 16.9 Å². The topological polar surface area (TPSA) is 111 Å². The Bertz CT molecular complexity index is 1020. The van der Waals surface area contributed by atoms with Gasteiger partial charge in [0.2, 0.25) is 0 Å². The number of pyridine rings is 1. The maximum atomic E-state index is 13.4. The summed E-state index contributed by atoms with van der Waals surface area (Å²) in [6, 6.07) is 6.49. The average Bonchev–Trinajstić information content (AvgIpc) is 2.67. The Morgan fingerprint density at radius 1 is 1.19 bits per heavy atom. The molecule has 0 saturated heterocycles. The first-order chi connectivity index (χ1) is 14.5. The SMILES string of the molecule is CC(C)[C@@H](OC(=O)c1c2c(nc3ccccc13)CC[C@@H](C(C)(C)C)C2)C(=O)NC(N)=O. The number of amides is 3. The second-order valence-electron chi connectivity index (χ2n) is 9.66. The third-order valence-electron chi connectivity index (χ3n) is 6.03. The number of esters is 1. The van der Waals surface area contributed by atoms with Crippen molar-refractivity contribution in [2.24, 2.45) is 23.0 Å². The Balaban J connectivity index is 2.06. The molecule has 0 spiro atoms. The van der Waals surface area contributed by atoms with Crippen LogP contribution in [-0.2, 0) is 22.4 Å². The minimum absolute atomic E-state index is 0.0896. The molecule has 31 heavy (non-hydrogen) atoms. The van der Waals surface area contributed by atoms with Gasteiger partial charge in [-0.05, 0) is 48.1 Å². The van der Waals surface area contributed by atoms with Crippen molar-refractivity contribution in [3.63, 3.8) is 0 Å². The number of aryl methyl sites for hydroxylation is 1. The maximum absolute atomic E-state index is 13.4. The van der Waals surface area contributed by atoms with Crippen molar-refractivity contribution in [1.82, 2.24) is 10.3 Å². The fraction of sp³-hybridized carbons (Fsp3) is 0.500. The molecule has 3 N–H and O–H groups in total. The highest BCUT2D eigenvalue weighted by Gasteiger charge is 2.35. The predicted octanol–water partition coefficient (Wildman–Crippen LogP) is 3.76. The monoisotopic (exact) mass is 425 g/mol. The highest BCUT2D eigenvalue weighted by atomic mass is 16.5. The van der Waals surface area contributed by atoms with Crippen LogP contribution in [-0.4, -0.2) is 29.0 Å². The van der Waals surface area contributed by atoms with Gasteiger partial charge >= 0.3 is 12.0 Å². The lowest BCUT2D eigenvalue weighted by molar-refractivity contribution is -0.130. The molecule has 0 unspecified atom stereocenters. The van der Waals surface area contributed by atoms with Crippen molar-refractivity contribution >= 4 is 28.8 Å². The van der Waals surface area contributed by atoms with E-state index in [9.17, 15) is 14.4 Å². The Hall–Kier alpha value is -2.96. The molecule has 1 heterocycles. The number of hydrogen-bond donors (Lipinski definition) is 2. The third-order valence-corrected chi connectivity index (χ3v) is 6.03. The highest BCUT2D eigenvalue weighted by Crippen LogP contribution is 2.39. The second kappa shape index (κ2) is 8.65. The lowest BCUT2D eigenvalue weighted by Gasteiger charge is -2.35. The molecular formula is C24H31N3O4. The smallest absolute Gasteiger partial charge is 0.339 e. The van der Waals surface area contributed by atoms with Gasteiger partial charge in [0.1, 0.15) is 0 Å². The van der Waals surface area contributed by atoms with E-state index in [0.717, 1.165) is 36.0 Å².